The molecule has 0 aromatic heterocycles. The Hall–Kier alpha value is -1.48. The first kappa shape index (κ1) is 14.6. The number of hydrogen-bond acceptors (Lipinski definition) is 2. The molecule has 1 N–H and O–H groups in total. The zero-order valence-corrected chi connectivity index (χ0v) is 11.5. The predicted molar refractivity (Wildman–Crippen MR) is 72.3 cm³/mol. The second-order valence-corrected chi connectivity index (χ2v) is 4.78. The summed E-state index contributed by atoms with van der Waals surface area (Å²) in [5.41, 5.74) is 1.73. The summed E-state index contributed by atoms with van der Waals surface area (Å²) in [4.78, 5) is 10.8. The second kappa shape index (κ2) is 6.45. The van der Waals surface area contributed by atoms with Crippen molar-refractivity contribution in [3.05, 3.63) is 40.4 Å². The van der Waals surface area contributed by atoms with Crippen molar-refractivity contribution in [1.82, 2.24) is 0 Å². The molecule has 0 saturated heterocycles. The average molecular weight is 269 g/mol. The molecule has 1 aromatic rings. The maximum absolute atomic E-state index is 10.8. The third-order valence-electron chi connectivity index (χ3n) is 2.69. The van der Waals surface area contributed by atoms with Gasteiger partial charge in [-0.3, -0.25) is 0 Å². The number of methoxy groups -OCH3 is 1. The van der Waals surface area contributed by atoms with Crippen LogP contribution in [0.25, 0.3) is 0 Å². The van der Waals surface area contributed by atoms with Gasteiger partial charge in [0.05, 0.1) is 7.11 Å². The molecule has 0 aliphatic carbocycles. The summed E-state index contributed by atoms with van der Waals surface area (Å²) in [5.74, 6) is -0.0548. The minimum absolute atomic E-state index is 0.157. The highest BCUT2D eigenvalue weighted by Gasteiger charge is 2.11. The van der Waals surface area contributed by atoms with E-state index in [2.05, 4.69) is 0 Å². The number of carboxylic acids is 1. The van der Waals surface area contributed by atoms with Crippen molar-refractivity contribution < 1.29 is 14.6 Å². The molecule has 1 aromatic carbocycles. The highest BCUT2D eigenvalue weighted by atomic mass is 35.5. The van der Waals surface area contributed by atoms with Gasteiger partial charge in [0.1, 0.15) is 5.75 Å². The van der Waals surface area contributed by atoms with Crippen molar-refractivity contribution >= 4 is 17.6 Å². The molecule has 0 unspecified atom stereocenters. The molecule has 18 heavy (non-hydrogen) atoms. The highest BCUT2D eigenvalue weighted by molar-refractivity contribution is 6.30. The lowest BCUT2D eigenvalue weighted by atomic mass is 9.95. The Morgan fingerprint density at radius 1 is 1.50 bits per heavy atom. The van der Waals surface area contributed by atoms with Gasteiger partial charge in [-0.05, 0) is 36.1 Å². The molecule has 0 radical (unpaired) electrons. The molecule has 0 heterocycles. The lowest BCUT2D eigenvalue weighted by Gasteiger charge is -2.14. The molecule has 4 heteroatoms. The van der Waals surface area contributed by atoms with E-state index in [0.717, 1.165) is 16.9 Å². The van der Waals surface area contributed by atoms with E-state index in [0.29, 0.717) is 11.4 Å². The fourth-order valence-corrected chi connectivity index (χ4v) is 1.88. The summed E-state index contributed by atoms with van der Waals surface area (Å²) >= 11 is 5.95. The maximum Gasteiger partial charge on any atom is 0.328 e. The smallest absolute Gasteiger partial charge is 0.328 e. The molecule has 0 aliphatic heterocycles. The number of hydrogen-bond donors (Lipinski definition) is 1. The summed E-state index contributed by atoms with van der Waals surface area (Å²) in [5, 5.41) is 9.47. The summed E-state index contributed by atoms with van der Waals surface area (Å²) in [6, 6.07) is 5.34. The zero-order valence-electron chi connectivity index (χ0n) is 10.7. The molecule has 0 aliphatic rings. The molecule has 1 rings (SSSR count). The Labute approximate surface area is 112 Å². The van der Waals surface area contributed by atoms with Crippen LogP contribution in [-0.4, -0.2) is 18.2 Å². The quantitative estimate of drug-likeness (QED) is 0.831. The van der Waals surface area contributed by atoms with Gasteiger partial charge in [0.15, 0.2) is 0 Å². The van der Waals surface area contributed by atoms with Gasteiger partial charge in [-0.1, -0.05) is 31.0 Å². The van der Waals surface area contributed by atoms with Crippen molar-refractivity contribution in [2.75, 3.05) is 7.11 Å². The van der Waals surface area contributed by atoms with Crippen LogP contribution in [0.3, 0.4) is 0 Å². The van der Waals surface area contributed by atoms with Crippen LogP contribution >= 0.6 is 11.6 Å². The first-order valence-electron chi connectivity index (χ1n) is 5.69. The van der Waals surface area contributed by atoms with Crippen molar-refractivity contribution in [1.29, 1.82) is 0 Å². The largest absolute Gasteiger partial charge is 0.496 e. The van der Waals surface area contributed by atoms with E-state index in [1.54, 1.807) is 25.3 Å². The van der Waals surface area contributed by atoms with Crippen LogP contribution in [0, 0.1) is 5.92 Å². The average Bonchev–Trinajstić information content (AvgIpc) is 2.27. The van der Waals surface area contributed by atoms with Crippen LogP contribution in [-0.2, 0) is 11.2 Å². The minimum atomic E-state index is -0.931. The van der Waals surface area contributed by atoms with Crippen LogP contribution < -0.4 is 4.74 Å². The normalized spacial score (nSPS) is 11.7. The van der Waals surface area contributed by atoms with E-state index in [-0.39, 0.29) is 5.92 Å². The van der Waals surface area contributed by atoms with Crippen molar-refractivity contribution in [3.8, 4) is 5.75 Å². The van der Waals surface area contributed by atoms with E-state index >= 15 is 0 Å². The van der Waals surface area contributed by atoms with Crippen molar-refractivity contribution in [2.24, 2.45) is 5.92 Å². The van der Waals surface area contributed by atoms with Gasteiger partial charge in [0, 0.05) is 11.1 Å². The number of ether oxygens (including phenoxy) is 1. The topological polar surface area (TPSA) is 46.5 Å². The van der Waals surface area contributed by atoms with Crippen LogP contribution in [0.1, 0.15) is 19.4 Å². The fourth-order valence-electron chi connectivity index (χ4n) is 1.69. The molecule has 0 amide bonds. The van der Waals surface area contributed by atoms with E-state index in [4.69, 9.17) is 21.4 Å². The van der Waals surface area contributed by atoms with E-state index in [1.165, 1.54) is 6.08 Å². The number of aliphatic carboxylic acids is 1. The monoisotopic (exact) mass is 268 g/mol. The summed E-state index contributed by atoms with van der Waals surface area (Å²) < 4.78 is 5.25. The number of allylic oxidation sites excluding steroid dienone is 1. The van der Waals surface area contributed by atoms with Crippen LogP contribution in [0.4, 0.5) is 0 Å². The summed E-state index contributed by atoms with van der Waals surface area (Å²) in [6.07, 6.45) is 1.78. The highest BCUT2D eigenvalue weighted by Crippen LogP contribution is 2.27. The van der Waals surface area contributed by atoms with Crippen LogP contribution in [0.2, 0.25) is 5.02 Å². The van der Waals surface area contributed by atoms with Gasteiger partial charge in [-0.25, -0.2) is 4.79 Å². The van der Waals surface area contributed by atoms with E-state index < -0.39 is 5.97 Å². The molecular weight excluding hydrogens is 252 g/mol. The lowest BCUT2D eigenvalue weighted by Crippen LogP contribution is -2.04. The molecule has 3 nitrogen and oxygen atoms in total. The molecule has 0 fully saturated rings. The number of halogens is 1. The Morgan fingerprint density at radius 2 is 2.17 bits per heavy atom. The second-order valence-electron chi connectivity index (χ2n) is 4.35. The molecule has 0 bridgehead atoms. The molecule has 98 valence electrons. The summed E-state index contributed by atoms with van der Waals surface area (Å²) in [7, 11) is 1.59. The van der Waals surface area contributed by atoms with E-state index in [9.17, 15) is 4.79 Å². The van der Waals surface area contributed by atoms with Crippen molar-refractivity contribution in [3.63, 3.8) is 0 Å². The van der Waals surface area contributed by atoms with Crippen LogP contribution in [0.5, 0.6) is 5.75 Å². The first-order valence-corrected chi connectivity index (χ1v) is 6.07. The Bertz CT molecular complexity index is 464. The van der Waals surface area contributed by atoms with Gasteiger partial charge < -0.3 is 9.84 Å². The Balaban J connectivity index is 3.07. The molecule has 0 spiro atoms. The van der Waals surface area contributed by atoms with Gasteiger partial charge in [-0.2, -0.15) is 0 Å². The third kappa shape index (κ3) is 4.08. The minimum Gasteiger partial charge on any atom is -0.496 e. The number of carbonyl (C=O) groups is 1. The molecular formula is C14H17ClO3. The van der Waals surface area contributed by atoms with Gasteiger partial charge >= 0.3 is 5.97 Å². The van der Waals surface area contributed by atoms with Gasteiger partial charge in [-0.15, -0.1) is 0 Å². The standard InChI is InChI=1S/C14H17ClO3/c1-9(2)10(8-14(16)17)6-11-7-12(15)4-5-13(11)18-3/h4-5,7-9H,6H2,1-3H3,(H,16,17)/b10-8-. The molecule has 0 saturated carbocycles. The number of rotatable bonds is 5. The molecule has 0 atom stereocenters. The van der Waals surface area contributed by atoms with Crippen molar-refractivity contribution in [2.45, 2.75) is 20.3 Å². The lowest BCUT2D eigenvalue weighted by molar-refractivity contribution is -0.131. The predicted octanol–water partition coefficient (Wildman–Crippen LogP) is 3.56. The Kier molecular flexibility index (Phi) is 5.23. The third-order valence-corrected chi connectivity index (χ3v) is 2.92. The van der Waals surface area contributed by atoms with E-state index in [1.807, 2.05) is 13.8 Å². The number of carboxylic acid groups (broad SMARTS) is 1. The van der Waals surface area contributed by atoms with Crippen LogP contribution in [0.15, 0.2) is 29.8 Å². The fraction of sp³-hybridized carbons (Fsp3) is 0.357. The van der Waals surface area contributed by atoms with Gasteiger partial charge in [0.25, 0.3) is 0 Å². The number of benzene rings is 1. The summed E-state index contributed by atoms with van der Waals surface area (Å²) in [6.45, 7) is 3.93. The maximum atomic E-state index is 10.8. The SMILES string of the molecule is COc1ccc(Cl)cc1C/C(=C/C(=O)O)C(C)C. The Morgan fingerprint density at radius 3 is 2.67 bits per heavy atom. The zero-order chi connectivity index (χ0) is 13.7. The first-order chi connectivity index (χ1) is 8.43. The van der Waals surface area contributed by atoms with Gasteiger partial charge in [0.2, 0.25) is 0 Å².